The van der Waals surface area contributed by atoms with Crippen molar-refractivity contribution >= 4 is 49.5 Å². The number of nitrogens with zero attached hydrogens (tertiary/aromatic N) is 3. The Balaban J connectivity index is 1.86. The Morgan fingerprint density at radius 1 is 1.00 bits per heavy atom. The van der Waals surface area contributed by atoms with Crippen molar-refractivity contribution in [2.24, 2.45) is 0 Å². The molecule has 0 atom stereocenters. The number of nitrogens with one attached hydrogen (secondary N) is 2. The molecule has 0 bridgehead atoms. The van der Waals surface area contributed by atoms with E-state index in [2.05, 4.69) is 41.2 Å². The van der Waals surface area contributed by atoms with E-state index in [1.165, 1.54) is 0 Å². The average Bonchev–Trinajstić information content (AvgIpc) is 2.89. The molecule has 0 spiro atoms. The Morgan fingerprint density at radius 2 is 1.90 bits per heavy atom. The fraction of sp³-hybridized carbons (Fsp3) is 0. The predicted octanol–water partition coefficient (Wildman–Crippen LogP) is 4.01. The minimum atomic E-state index is 0.714. The van der Waals surface area contributed by atoms with Gasteiger partial charge in [-0.15, -0.1) is 0 Å². The Labute approximate surface area is 128 Å². The van der Waals surface area contributed by atoms with Crippen molar-refractivity contribution < 1.29 is 0 Å². The van der Waals surface area contributed by atoms with E-state index in [1.54, 1.807) is 12.5 Å². The highest BCUT2D eigenvalue weighted by molar-refractivity contribution is 9.10. The van der Waals surface area contributed by atoms with Crippen LogP contribution in [-0.2, 0) is 0 Å². The topological polar surface area (TPSA) is 66.5 Å². The number of aromatic nitrogens is 4. The monoisotopic (exact) mass is 339 g/mol. The maximum absolute atomic E-state index is 4.38. The summed E-state index contributed by atoms with van der Waals surface area (Å²) < 4.78 is 0.937. The molecule has 102 valence electrons. The Kier molecular flexibility index (Phi) is 2.82. The van der Waals surface area contributed by atoms with Crippen molar-refractivity contribution in [3.8, 4) is 0 Å². The van der Waals surface area contributed by atoms with Crippen LogP contribution in [0, 0.1) is 0 Å². The quantitative estimate of drug-likeness (QED) is 0.579. The largest absolute Gasteiger partial charge is 0.350 e. The molecule has 0 fully saturated rings. The maximum atomic E-state index is 4.38. The van der Waals surface area contributed by atoms with Crippen molar-refractivity contribution in [1.82, 2.24) is 19.9 Å². The van der Waals surface area contributed by atoms with E-state index in [4.69, 9.17) is 0 Å². The van der Waals surface area contributed by atoms with Crippen LogP contribution in [0.15, 0.2) is 53.4 Å². The lowest BCUT2D eigenvalue weighted by molar-refractivity contribution is 1.20. The minimum Gasteiger partial charge on any atom is -0.350 e. The highest BCUT2D eigenvalue weighted by atomic mass is 79.9. The average molecular weight is 340 g/mol. The third-order valence-electron chi connectivity index (χ3n) is 3.26. The lowest BCUT2D eigenvalue weighted by atomic mass is 10.2. The van der Waals surface area contributed by atoms with Gasteiger partial charge in [0.05, 0.1) is 0 Å². The number of H-pyrrole nitrogens is 1. The molecule has 3 aromatic heterocycles. The summed E-state index contributed by atoms with van der Waals surface area (Å²) in [5.41, 5.74) is 2.82. The first-order valence-corrected chi connectivity index (χ1v) is 7.20. The summed E-state index contributed by atoms with van der Waals surface area (Å²) in [5.74, 6) is 1.45. The molecule has 4 aromatic rings. The number of hydrogen-bond donors (Lipinski definition) is 2. The first-order valence-electron chi connectivity index (χ1n) is 6.41. The van der Waals surface area contributed by atoms with E-state index in [-0.39, 0.29) is 0 Å². The van der Waals surface area contributed by atoms with Crippen LogP contribution in [-0.4, -0.2) is 19.9 Å². The molecule has 6 heteroatoms. The van der Waals surface area contributed by atoms with Gasteiger partial charge in [-0.25, -0.2) is 15.0 Å². The molecule has 0 aliphatic carbocycles. The van der Waals surface area contributed by atoms with Crippen molar-refractivity contribution in [2.45, 2.75) is 0 Å². The Hall–Kier alpha value is -2.47. The van der Waals surface area contributed by atoms with Gasteiger partial charge in [0.25, 0.3) is 0 Å². The second-order valence-corrected chi connectivity index (χ2v) is 5.52. The van der Waals surface area contributed by atoms with Crippen LogP contribution in [0.2, 0.25) is 0 Å². The molecule has 5 nitrogen and oxygen atoms in total. The number of para-hydroxylation sites is 1. The van der Waals surface area contributed by atoms with Gasteiger partial charge in [0.15, 0.2) is 5.82 Å². The summed E-state index contributed by atoms with van der Waals surface area (Å²) >= 11 is 3.37. The summed E-state index contributed by atoms with van der Waals surface area (Å²) in [6, 6.07) is 11.9. The number of anilines is 2. The van der Waals surface area contributed by atoms with Gasteiger partial charge in [-0.2, -0.15) is 0 Å². The van der Waals surface area contributed by atoms with E-state index in [0.29, 0.717) is 5.82 Å². The normalized spacial score (nSPS) is 11.1. The molecular formula is C15H10BrN5. The minimum absolute atomic E-state index is 0.714. The molecule has 0 saturated carbocycles. The molecular weight excluding hydrogens is 330 g/mol. The molecule has 21 heavy (non-hydrogen) atoms. The van der Waals surface area contributed by atoms with E-state index in [0.717, 1.165) is 32.2 Å². The van der Waals surface area contributed by atoms with Gasteiger partial charge in [0.1, 0.15) is 23.2 Å². The van der Waals surface area contributed by atoms with Crippen molar-refractivity contribution in [2.75, 3.05) is 5.32 Å². The van der Waals surface area contributed by atoms with Gasteiger partial charge in [-0.1, -0.05) is 18.2 Å². The van der Waals surface area contributed by atoms with Crippen molar-refractivity contribution in [1.29, 1.82) is 0 Å². The summed E-state index contributed by atoms with van der Waals surface area (Å²) in [6.07, 6.45) is 3.30. The molecule has 2 N–H and O–H groups in total. The molecule has 0 aliphatic heterocycles. The number of benzene rings is 1. The maximum Gasteiger partial charge on any atom is 0.159 e. The number of hydrogen-bond acceptors (Lipinski definition) is 4. The summed E-state index contributed by atoms with van der Waals surface area (Å²) in [5, 5.41) is 4.31. The van der Waals surface area contributed by atoms with Gasteiger partial charge in [0.2, 0.25) is 0 Å². The molecule has 0 saturated heterocycles. The first-order chi connectivity index (χ1) is 10.3. The summed E-state index contributed by atoms with van der Waals surface area (Å²) in [6.45, 7) is 0. The van der Waals surface area contributed by atoms with Crippen LogP contribution >= 0.6 is 15.9 Å². The van der Waals surface area contributed by atoms with E-state index >= 15 is 0 Å². The molecule has 4 rings (SSSR count). The third kappa shape index (κ3) is 2.13. The van der Waals surface area contributed by atoms with Crippen LogP contribution in [0.1, 0.15) is 0 Å². The SMILES string of the molecule is Brc1ccc(Nc2ncnc3c2[nH]c2ccccc23)nc1. The zero-order chi connectivity index (χ0) is 14.2. The van der Waals surface area contributed by atoms with Crippen LogP contribution in [0.25, 0.3) is 21.9 Å². The van der Waals surface area contributed by atoms with Gasteiger partial charge >= 0.3 is 0 Å². The Bertz CT molecular complexity index is 930. The van der Waals surface area contributed by atoms with Crippen LogP contribution < -0.4 is 5.32 Å². The number of fused-ring (bicyclic) bond motifs is 3. The zero-order valence-electron chi connectivity index (χ0n) is 10.8. The van der Waals surface area contributed by atoms with Crippen LogP contribution in [0.3, 0.4) is 0 Å². The van der Waals surface area contributed by atoms with Crippen molar-refractivity contribution in [3.05, 3.63) is 53.4 Å². The number of rotatable bonds is 2. The molecule has 0 unspecified atom stereocenters. The smallest absolute Gasteiger partial charge is 0.159 e. The fourth-order valence-electron chi connectivity index (χ4n) is 2.31. The highest BCUT2D eigenvalue weighted by Crippen LogP contribution is 2.28. The molecule has 0 amide bonds. The summed E-state index contributed by atoms with van der Waals surface area (Å²) in [4.78, 5) is 16.3. The lowest BCUT2D eigenvalue weighted by Gasteiger charge is -2.05. The van der Waals surface area contributed by atoms with E-state index < -0.39 is 0 Å². The molecule has 0 aliphatic rings. The van der Waals surface area contributed by atoms with E-state index in [9.17, 15) is 0 Å². The van der Waals surface area contributed by atoms with Crippen LogP contribution in [0.4, 0.5) is 11.6 Å². The molecule has 3 heterocycles. The first kappa shape index (κ1) is 12.3. The standard InChI is InChI=1S/C15H10BrN5/c16-9-5-6-12(17-7-9)21-15-14-13(18-8-19-15)10-3-1-2-4-11(10)20-14/h1-8,20H,(H,17,18,19,21). The fourth-order valence-corrected chi connectivity index (χ4v) is 2.54. The molecule has 0 radical (unpaired) electrons. The van der Waals surface area contributed by atoms with Gasteiger partial charge in [-0.05, 0) is 34.1 Å². The number of pyridine rings is 1. The van der Waals surface area contributed by atoms with Crippen LogP contribution in [0.5, 0.6) is 0 Å². The van der Waals surface area contributed by atoms with E-state index in [1.807, 2.05) is 36.4 Å². The molecule has 1 aromatic carbocycles. The van der Waals surface area contributed by atoms with Gasteiger partial charge in [0, 0.05) is 21.6 Å². The summed E-state index contributed by atoms with van der Waals surface area (Å²) in [7, 11) is 0. The third-order valence-corrected chi connectivity index (χ3v) is 3.73. The number of halogens is 1. The Morgan fingerprint density at radius 3 is 2.76 bits per heavy atom. The second kappa shape index (κ2) is 4.82. The van der Waals surface area contributed by atoms with Gasteiger partial charge in [-0.3, -0.25) is 0 Å². The van der Waals surface area contributed by atoms with Crippen molar-refractivity contribution in [3.63, 3.8) is 0 Å². The zero-order valence-corrected chi connectivity index (χ0v) is 12.4. The number of aromatic amines is 1. The second-order valence-electron chi connectivity index (χ2n) is 4.60. The van der Waals surface area contributed by atoms with Gasteiger partial charge < -0.3 is 10.3 Å². The lowest BCUT2D eigenvalue weighted by Crippen LogP contribution is -1.97. The predicted molar refractivity (Wildman–Crippen MR) is 86.6 cm³/mol. The highest BCUT2D eigenvalue weighted by Gasteiger charge is 2.10.